The second-order valence-electron chi connectivity index (χ2n) is 9.18. The Kier molecular flexibility index (Phi) is 7.41. The predicted molar refractivity (Wildman–Crippen MR) is 130 cm³/mol. The van der Waals surface area contributed by atoms with Crippen LogP contribution in [0.3, 0.4) is 0 Å². The van der Waals surface area contributed by atoms with Gasteiger partial charge in [-0.25, -0.2) is 14.7 Å². The maximum atomic E-state index is 13.8. The minimum Gasteiger partial charge on any atom is -0.329 e. The highest BCUT2D eigenvalue weighted by Gasteiger charge is 2.35. The number of fused-ring (bicyclic) bond motifs is 2. The highest BCUT2D eigenvalue weighted by molar-refractivity contribution is 6.16. The van der Waals surface area contributed by atoms with Crippen LogP contribution in [0.2, 0.25) is 0 Å². The number of halogens is 1. The van der Waals surface area contributed by atoms with E-state index < -0.39 is 0 Å². The number of hydrogen-bond donors (Lipinski definition) is 1. The fourth-order valence-corrected chi connectivity index (χ4v) is 4.34. The van der Waals surface area contributed by atoms with Gasteiger partial charge in [-0.2, -0.15) is 0 Å². The van der Waals surface area contributed by atoms with Crippen molar-refractivity contribution in [1.82, 2.24) is 9.88 Å². The lowest BCUT2D eigenvalue weighted by atomic mass is 9.94. The largest absolute Gasteiger partial charge is 0.330 e. The van der Waals surface area contributed by atoms with Crippen molar-refractivity contribution in [2.75, 3.05) is 50.5 Å². The average Bonchev–Trinajstić information content (AvgIpc) is 2.91. The van der Waals surface area contributed by atoms with Crippen molar-refractivity contribution < 1.29 is 14.1 Å². The highest BCUT2D eigenvalue weighted by Crippen LogP contribution is 2.37. The Hall–Kier alpha value is -2.64. The molecule has 4 rings (SSSR count). The lowest BCUT2D eigenvalue weighted by Gasteiger charge is -2.37. The van der Waals surface area contributed by atoms with Gasteiger partial charge in [0.05, 0.1) is 44.1 Å². The van der Waals surface area contributed by atoms with Crippen LogP contribution in [0, 0.1) is 5.92 Å². The molecule has 2 aliphatic rings. The number of likely N-dealkylation sites (tertiary alicyclic amines) is 1. The number of quaternary nitrogens is 1. The smallest absolute Gasteiger partial charge is 0.329 e. The highest BCUT2D eigenvalue weighted by atomic mass is 35.5. The molecule has 1 atom stereocenters. The molecule has 1 N–H and O–H groups in total. The molecule has 0 spiro atoms. The predicted octanol–water partition coefficient (Wildman–Crippen LogP) is 4.53. The number of nitrogens with one attached hydrogen (secondary N) is 1. The third-order valence-corrected chi connectivity index (χ3v) is 6.62. The first kappa shape index (κ1) is 24.0. The van der Waals surface area contributed by atoms with Crippen LogP contribution in [0.25, 0.3) is 0 Å². The SMILES string of the molecule is CC[N+](C)(C)CCC1CCCN(C(=O)N2c3ccccc3C(=O)Nc3cccnc32)C1.Cl. The van der Waals surface area contributed by atoms with Crippen LogP contribution in [0.1, 0.15) is 36.5 Å². The second-order valence-corrected chi connectivity index (χ2v) is 9.18. The molecule has 0 saturated carbocycles. The normalized spacial score (nSPS) is 18.1. The molecule has 8 heteroatoms. The standard InChI is InChI=1S/C24H31N5O2.ClH/c1-4-29(2,3)16-13-18-9-8-15-27(17-18)24(31)28-21-12-6-5-10-19(21)23(30)26-20-11-7-14-25-22(20)28;/h5-7,10-12,14,18H,4,8-9,13,15-17H2,1-3H3;1H/p+1. The van der Waals surface area contributed by atoms with Crippen LogP contribution in [0.5, 0.6) is 0 Å². The monoisotopic (exact) mass is 458 g/mol. The van der Waals surface area contributed by atoms with Crippen molar-refractivity contribution in [3.05, 3.63) is 48.2 Å². The van der Waals surface area contributed by atoms with Crippen molar-refractivity contribution in [3.63, 3.8) is 0 Å². The van der Waals surface area contributed by atoms with Crippen LogP contribution in [0.4, 0.5) is 22.0 Å². The van der Waals surface area contributed by atoms with Gasteiger partial charge in [0.1, 0.15) is 0 Å². The van der Waals surface area contributed by atoms with E-state index in [-0.39, 0.29) is 24.3 Å². The summed E-state index contributed by atoms with van der Waals surface area (Å²) in [5, 5.41) is 2.90. The van der Waals surface area contributed by atoms with E-state index in [0.29, 0.717) is 28.7 Å². The number of piperidine rings is 1. The third kappa shape index (κ3) is 4.89. The van der Waals surface area contributed by atoms with Crippen LogP contribution in [0.15, 0.2) is 42.6 Å². The number of pyridine rings is 1. The Bertz CT molecular complexity index is 980. The molecule has 0 aliphatic carbocycles. The molecule has 7 nitrogen and oxygen atoms in total. The first-order valence-electron chi connectivity index (χ1n) is 11.2. The molecule has 3 amide bonds. The molecule has 3 heterocycles. The third-order valence-electron chi connectivity index (χ3n) is 6.62. The zero-order chi connectivity index (χ0) is 22.0. The maximum absolute atomic E-state index is 13.8. The molecule has 1 saturated heterocycles. The Balaban J connectivity index is 0.00000289. The van der Waals surface area contributed by atoms with Gasteiger partial charge >= 0.3 is 6.03 Å². The number of nitrogens with zero attached hydrogens (tertiary/aromatic N) is 4. The molecule has 0 radical (unpaired) electrons. The molecule has 32 heavy (non-hydrogen) atoms. The van der Waals surface area contributed by atoms with Crippen molar-refractivity contribution in [1.29, 1.82) is 0 Å². The van der Waals surface area contributed by atoms with Crippen LogP contribution in [-0.2, 0) is 0 Å². The summed E-state index contributed by atoms with van der Waals surface area (Å²) in [6.07, 6.45) is 4.91. The van der Waals surface area contributed by atoms with E-state index in [1.54, 1.807) is 29.3 Å². The summed E-state index contributed by atoms with van der Waals surface area (Å²) < 4.78 is 0.995. The number of benzene rings is 1. The molecule has 2 aromatic rings. The number of hydrogen-bond acceptors (Lipinski definition) is 3. The zero-order valence-corrected chi connectivity index (χ0v) is 19.9. The number of rotatable bonds is 4. The number of aromatic nitrogens is 1. The zero-order valence-electron chi connectivity index (χ0n) is 19.1. The molecular weight excluding hydrogens is 426 g/mol. The van der Waals surface area contributed by atoms with Gasteiger partial charge in [-0.1, -0.05) is 12.1 Å². The molecule has 1 fully saturated rings. The lowest BCUT2D eigenvalue weighted by molar-refractivity contribution is -0.889. The van der Waals surface area contributed by atoms with E-state index in [2.05, 4.69) is 31.3 Å². The molecule has 1 aromatic carbocycles. The van der Waals surface area contributed by atoms with Gasteiger partial charge in [0.2, 0.25) is 0 Å². The first-order chi connectivity index (χ1) is 14.9. The van der Waals surface area contributed by atoms with E-state index in [0.717, 1.165) is 49.9 Å². The Morgan fingerprint density at radius 3 is 2.78 bits per heavy atom. The van der Waals surface area contributed by atoms with Crippen molar-refractivity contribution in [3.8, 4) is 0 Å². The van der Waals surface area contributed by atoms with Gasteiger partial charge in [-0.3, -0.25) is 4.79 Å². The van der Waals surface area contributed by atoms with E-state index in [4.69, 9.17) is 0 Å². The van der Waals surface area contributed by atoms with Crippen molar-refractivity contribution >= 4 is 41.5 Å². The topological polar surface area (TPSA) is 65.5 Å². The Morgan fingerprint density at radius 1 is 1.22 bits per heavy atom. The lowest BCUT2D eigenvalue weighted by Crippen LogP contribution is -2.47. The van der Waals surface area contributed by atoms with Gasteiger partial charge < -0.3 is 14.7 Å². The summed E-state index contributed by atoms with van der Waals surface area (Å²) in [5.74, 6) is 0.736. The summed E-state index contributed by atoms with van der Waals surface area (Å²) >= 11 is 0. The average molecular weight is 459 g/mol. The Morgan fingerprint density at radius 2 is 2.00 bits per heavy atom. The number of carbonyl (C=O) groups excluding carboxylic acids is 2. The molecule has 1 unspecified atom stereocenters. The summed E-state index contributed by atoms with van der Waals surface area (Å²) in [5.41, 5.74) is 1.60. The fourth-order valence-electron chi connectivity index (χ4n) is 4.34. The summed E-state index contributed by atoms with van der Waals surface area (Å²) in [6.45, 7) is 5.89. The van der Waals surface area contributed by atoms with Gasteiger partial charge in [0.25, 0.3) is 5.91 Å². The van der Waals surface area contributed by atoms with Crippen LogP contribution < -0.4 is 10.2 Å². The van der Waals surface area contributed by atoms with E-state index >= 15 is 0 Å². The molecule has 1 aromatic heterocycles. The molecule has 172 valence electrons. The van der Waals surface area contributed by atoms with Crippen LogP contribution >= 0.6 is 12.4 Å². The number of urea groups is 1. The minimum absolute atomic E-state index is 0. The van der Waals surface area contributed by atoms with Crippen LogP contribution in [-0.4, -0.2) is 66.6 Å². The summed E-state index contributed by atoms with van der Waals surface area (Å²) in [6, 6.07) is 10.7. The molecular formula is C24H33ClN5O2+. The van der Waals surface area contributed by atoms with E-state index in [9.17, 15) is 9.59 Å². The van der Waals surface area contributed by atoms with E-state index in [1.807, 2.05) is 23.1 Å². The Labute approximate surface area is 196 Å². The number of anilines is 3. The quantitative estimate of drug-likeness (QED) is 0.685. The number of carbonyl (C=O) groups is 2. The first-order valence-corrected chi connectivity index (χ1v) is 11.2. The molecule has 2 aliphatic heterocycles. The molecule has 0 bridgehead atoms. The van der Waals surface area contributed by atoms with Gasteiger partial charge in [0.15, 0.2) is 5.82 Å². The van der Waals surface area contributed by atoms with Gasteiger partial charge in [-0.15, -0.1) is 12.4 Å². The van der Waals surface area contributed by atoms with E-state index in [1.165, 1.54) is 0 Å². The second kappa shape index (κ2) is 9.88. The number of amides is 3. The maximum Gasteiger partial charge on any atom is 0.330 e. The van der Waals surface area contributed by atoms with Gasteiger partial charge in [0, 0.05) is 25.7 Å². The number of para-hydroxylation sites is 1. The summed E-state index contributed by atoms with van der Waals surface area (Å²) in [7, 11) is 4.51. The fraction of sp³-hybridized carbons (Fsp3) is 0.458. The van der Waals surface area contributed by atoms with Crippen molar-refractivity contribution in [2.45, 2.75) is 26.2 Å². The van der Waals surface area contributed by atoms with Gasteiger partial charge in [-0.05, 0) is 49.9 Å². The van der Waals surface area contributed by atoms with Crippen molar-refractivity contribution in [2.24, 2.45) is 5.92 Å². The summed E-state index contributed by atoms with van der Waals surface area (Å²) in [4.78, 5) is 34.6. The minimum atomic E-state index is -0.226.